The zero-order valence-electron chi connectivity index (χ0n) is 13.4. The maximum atomic E-state index is 10.6. The van der Waals surface area contributed by atoms with Crippen molar-refractivity contribution in [3.63, 3.8) is 0 Å². The lowest BCUT2D eigenvalue weighted by Gasteiger charge is -2.19. The summed E-state index contributed by atoms with van der Waals surface area (Å²) in [4.78, 5) is 10.6. The Hall–Kier alpha value is -2.82. The van der Waals surface area contributed by atoms with Gasteiger partial charge < -0.3 is 26.2 Å². The average molecular weight is 310 g/mol. The number of para-hydroxylation sites is 1. The van der Waals surface area contributed by atoms with Crippen LogP contribution in [0.3, 0.4) is 0 Å². The monoisotopic (exact) mass is 310 g/mol. The second-order valence-electron chi connectivity index (χ2n) is 5.10. The minimum absolute atomic E-state index is 0.460. The number of aldehydes is 1. The largest absolute Gasteiger partial charge is 0.393 e. The summed E-state index contributed by atoms with van der Waals surface area (Å²) in [7, 11) is 3.69. The van der Waals surface area contributed by atoms with E-state index in [1.165, 1.54) is 0 Å². The first-order chi connectivity index (χ1) is 11.2. The first kappa shape index (κ1) is 16.5. The van der Waals surface area contributed by atoms with Gasteiger partial charge >= 0.3 is 0 Å². The molecule has 0 aliphatic heterocycles. The smallest absolute Gasteiger partial charge is 0.121 e. The first-order valence-electron chi connectivity index (χ1n) is 7.56. The summed E-state index contributed by atoms with van der Waals surface area (Å²) in [6.07, 6.45) is 8.89. The van der Waals surface area contributed by atoms with Gasteiger partial charge in [-0.15, -0.1) is 0 Å². The second kappa shape index (κ2) is 7.98. The van der Waals surface area contributed by atoms with Crippen LogP contribution in [0.15, 0.2) is 48.2 Å². The van der Waals surface area contributed by atoms with Crippen molar-refractivity contribution in [1.82, 2.24) is 5.32 Å². The molecule has 0 radical (unpaired) electrons. The molecule has 1 aliphatic rings. The summed E-state index contributed by atoms with van der Waals surface area (Å²) in [5.74, 6) is 0. The fraction of sp³-hybridized carbons (Fsp3) is 0.222. The molecule has 1 aromatic carbocycles. The molecule has 4 N–H and O–H groups in total. The molecule has 2 rings (SSSR count). The normalized spacial score (nSPS) is 15.3. The van der Waals surface area contributed by atoms with E-state index in [1.807, 2.05) is 50.6 Å². The molecule has 0 heterocycles. The molecule has 23 heavy (non-hydrogen) atoms. The van der Waals surface area contributed by atoms with Gasteiger partial charge in [-0.3, -0.25) is 0 Å². The summed E-state index contributed by atoms with van der Waals surface area (Å²) in [5, 5.41) is 17.4. The number of carbonyl (C=O) groups is 1. The van der Waals surface area contributed by atoms with Gasteiger partial charge in [0.2, 0.25) is 0 Å². The Labute approximate surface area is 136 Å². The number of nitrogens with one attached hydrogen (secondary N) is 4. The van der Waals surface area contributed by atoms with Gasteiger partial charge in [0, 0.05) is 44.4 Å². The van der Waals surface area contributed by atoms with E-state index in [0.29, 0.717) is 18.7 Å². The zero-order chi connectivity index (χ0) is 16.7. The van der Waals surface area contributed by atoms with E-state index in [1.54, 1.807) is 6.08 Å². The lowest BCUT2D eigenvalue weighted by atomic mass is 9.94. The van der Waals surface area contributed by atoms with Crippen molar-refractivity contribution in [2.24, 2.45) is 0 Å². The van der Waals surface area contributed by atoms with Crippen LogP contribution in [0.1, 0.15) is 12.0 Å². The number of hydrogen-bond donors (Lipinski definition) is 4. The quantitative estimate of drug-likeness (QED) is 0.461. The number of rotatable bonds is 7. The molecule has 5 nitrogen and oxygen atoms in total. The van der Waals surface area contributed by atoms with Crippen LogP contribution >= 0.6 is 0 Å². The highest BCUT2D eigenvalue weighted by atomic mass is 16.1. The summed E-state index contributed by atoms with van der Waals surface area (Å²) in [5.41, 5.74) is 5.30. The third-order valence-corrected chi connectivity index (χ3v) is 3.56. The fourth-order valence-corrected chi connectivity index (χ4v) is 2.45. The molecule has 0 amide bonds. The molecule has 0 saturated carbocycles. The van der Waals surface area contributed by atoms with Crippen molar-refractivity contribution in [3.05, 3.63) is 53.8 Å². The maximum absolute atomic E-state index is 10.6. The number of benzene rings is 1. The number of hydrogen-bond acceptors (Lipinski definition) is 5. The van der Waals surface area contributed by atoms with Crippen molar-refractivity contribution >= 4 is 28.9 Å². The Kier molecular flexibility index (Phi) is 5.74. The maximum Gasteiger partial charge on any atom is 0.121 e. The highest BCUT2D eigenvalue weighted by Gasteiger charge is 2.14. The molecule has 0 saturated heterocycles. The molecule has 0 aromatic heterocycles. The predicted octanol–water partition coefficient (Wildman–Crippen LogP) is 2.81. The molecule has 0 unspecified atom stereocenters. The summed E-state index contributed by atoms with van der Waals surface area (Å²) in [6.45, 7) is 0.585. The molecule has 120 valence electrons. The minimum Gasteiger partial charge on any atom is -0.393 e. The Morgan fingerprint density at radius 3 is 2.74 bits per heavy atom. The van der Waals surface area contributed by atoms with Gasteiger partial charge in [0.25, 0.3) is 0 Å². The highest BCUT2D eigenvalue weighted by molar-refractivity contribution is 6.13. The zero-order valence-corrected chi connectivity index (χ0v) is 13.4. The van der Waals surface area contributed by atoms with Crippen LogP contribution in [0.25, 0.3) is 5.57 Å². The van der Waals surface area contributed by atoms with Crippen molar-refractivity contribution in [2.45, 2.75) is 6.42 Å². The second-order valence-corrected chi connectivity index (χ2v) is 5.10. The van der Waals surface area contributed by atoms with Gasteiger partial charge in [0.15, 0.2) is 0 Å². The van der Waals surface area contributed by atoms with Gasteiger partial charge in [0.05, 0.1) is 17.1 Å². The summed E-state index contributed by atoms with van der Waals surface area (Å²) >= 11 is 0. The van der Waals surface area contributed by atoms with Gasteiger partial charge in [-0.05, 0) is 23.8 Å². The first-order valence-corrected chi connectivity index (χ1v) is 7.56. The third kappa shape index (κ3) is 3.88. The van der Waals surface area contributed by atoms with E-state index < -0.39 is 0 Å². The van der Waals surface area contributed by atoms with Crippen molar-refractivity contribution in [3.8, 4) is 0 Å². The Morgan fingerprint density at radius 2 is 2.04 bits per heavy atom. The van der Waals surface area contributed by atoms with Gasteiger partial charge in [-0.25, -0.2) is 0 Å². The van der Waals surface area contributed by atoms with E-state index in [0.717, 1.165) is 34.4 Å². The topological polar surface area (TPSA) is 77.0 Å². The molecule has 0 spiro atoms. The van der Waals surface area contributed by atoms with Crippen molar-refractivity contribution in [1.29, 1.82) is 5.41 Å². The van der Waals surface area contributed by atoms with Crippen LogP contribution in [0.2, 0.25) is 0 Å². The van der Waals surface area contributed by atoms with Crippen LogP contribution in [0, 0.1) is 5.41 Å². The van der Waals surface area contributed by atoms with E-state index in [2.05, 4.69) is 16.0 Å². The highest BCUT2D eigenvalue weighted by Crippen LogP contribution is 2.33. The fourth-order valence-electron chi connectivity index (χ4n) is 2.45. The van der Waals surface area contributed by atoms with Gasteiger partial charge in [0.1, 0.15) is 6.29 Å². The Bertz CT molecular complexity index is 686. The molecule has 0 fully saturated rings. The molecule has 1 aromatic rings. The Balaban J connectivity index is 2.44. The van der Waals surface area contributed by atoms with E-state index in [9.17, 15) is 4.79 Å². The summed E-state index contributed by atoms with van der Waals surface area (Å²) < 4.78 is 0. The van der Waals surface area contributed by atoms with Gasteiger partial charge in [-0.1, -0.05) is 18.2 Å². The molecule has 1 aliphatic carbocycles. The van der Waals surface area contributed by atoms with Crippen LogP contribution in [-0.2, 0) is 4.79 Å². The Morgan fingerprint density at radius 1 is 1.22 bits per heavy atom. The van der Waals surface area contributed by atoms with E-state index in [-0.39, 0.29) is 0 Å². The van der Waals surface area contributed by atoms with E-state index in [4.69, 9.17) is 5.41 Å². The van der Waals surface area contributed by atoms with Crippen LogP contribution in [0.4, 0.5) is 11.4 Å². The lowest BCUT2D eigenvalue weighted by Crippen LogP contribution is -2.09. The number of anilines is 2. The minimum atomic E-state index is 0.460. The van der Waals surface area contributed by atoms with Crippen LogP contribution < -0.4 is 16.0 Å². The van der Waals surface area contributed by atoms with Gasteiger partial charge in [-0.2, -0.15) is 0 Å². The van der Waals surface area contributed by atoms with Crippen LogP contribution in [0.5, 0.6) is 0 Å². The third-order valence-electron chi connectivity index (χ3n) is 3.56. The molecule has 0 atom stereocenters. The number of carbonyl (C=O) groups excluding carboxylic acids is 1. The standard InChI is InChI=1S/C18H22N4O/c1-20-12-14-11-13(7-8-16(14)19)15-5-3-6-17(21-2)18(15)22-9-4-10-23/h3,5-8,10-12,19-22H,4,9H2,1-2H3/b14-12-,19-16?. The van der Waals surface area contributed by atoms with E-state index >= 15 is 0 Å². The number of allylic oxidation sites excluding steroid dienone is 5. The summed E-state index contributed by atoms with van der Waals surface area (Å²) in [6, 6.07) is 6.01. The molecule has 0 bridgehead atoms. The van der Waals surface area contributed by atoms with Crippen molar-refractivity contribution < 1.29 is 4.79 Å². The molecule has 5 heteroatoms. The molecular formula is C18H22N4O. The predicted molar refractivity (Wildman–Crippen MR) is 97.1 cm³/mol. The SMILES string of the molecule is CN/C=C1/C=C(c2cccc(NC)c2NCCC=O)C=CC1=N. The lowest BCUT2D eigenvalue weighted by molar-refractivity contribution is -0.107. The average Bonchev–Trinajstić information content (AvgIpc) is 2.57. The molecular weight excluding hydrogens is 288 g/mol. The van der Waals surface area contributed by atoms with Crippen molar-refractivity contribution in [2.75, 3.05) is 31.3 Å². The van der Waals surface area contributed by atoms with Crippen LogP contribution in [-0.4, -0.2) is 32.6 Å².